The van der Waals surface area contributed by atoms with E-state index in [2.05, 4.69) is 26.0 Å². The van der Waals surface area contributed by atoms with Crippen LogP contribution in [0.4, 0.5) is 5.13 Å². The largest absolute Gasteiger partial charge is 0.375 e. The average molecular weight is 399 g/mol. The van der Waals surface area contributed by atoms with E-state index in [9.17, 15) is 0 Å². The van der Waals surface area contributed by atoms with E-state index in [1.165, 1.54) is 4.88 Å². The summed E-state index contributed by atoms with van der Waals surface area (Å²) < 4.78 is 1.99. The van der Waals surface area contributed by atoms with Gasteiger partial charge in [0.15, 0.2) is 5.13 Å². The first kappa shape index (κ1) is 18.4. The smallest absolute Gasteiger partial charge is 0.180 e. The fourth-order valence-corrected chi connectivity index (χ4v) is 3.94. The van der Waals surface area contributed by atoms with Crippen molar-refractivity contribution >= 4 is 46.1 Å². The van der Waals surface area contributed by atoms with Gasteiger partial charge in [0, 0.05) is 62.7 Å². The molecule has 0 amide bonds. The van der Waals surface area contributed by atoms with Crippen LogP contribution in [-0.2, 0) is 13.1 Å². The van der Waals surface area contributed by atoms with E-state index in [1.54, 1.807) is 11.3 Å². The van der Waals surface area contributed by atoms with Crippen molar-refractivity contribution in [1.29, 1.82) is 0 Å². The Bertz CT molecular complexity index is 840. The predicted molar refractivity (Wildman–Crippen MR) is 105 cm³/mol. The molecule has 6 nitrogen and oxygen atoms in total. The van der Waals surface area contributed by atoms with Crippen LogP contribution in [0.2, 0.25) is 5.02 Å². The third kappa shape index (κ3) is 4.43. The number of pyridine rings is 1. The number of aromatic nitrogens is 3. The van der Waals surface area contributed by atoms with E-state index in [4.69, 9.17) is 17.3 Å². The molecule has 134 valence electrons. The molecular weight excluding hydrogens is 379 g/mol. The zero-order valence-corrected chi connectivity index (χ0v) is 16.0. The van der Waals surface area contributed by atoms with Crippen molar-refractivity contribution < 1.29 is 0 Å². The van der Waals surface area contributed by atoms with E-state index < -0.39 is 0 Å². The maximum absolute atomic E-state index is 6.03. The normalized spacial score (nSPS) is 16.2. The van der Waals surface area contributed by atoms with Gasteiger partial charge in [-0.05, 0) is 12.1 Å². The summed E-state index contributed by atoms with van der Waals surface area (Å²) in [6.45, 7) is 6.01. The molecule has 0 aliphatic carbocycles. The fraction of sp³-hybridized carbons (Fsp3) is 0.375. The molecule has 0 radical (unpaired) electrons. The van der Waals surface area contributed by atoms with Gasteiger partial charge in [-0.3, -0.25) is 9.80 Å². The maximum Gasteiger partial charge on any atom is 0.180 e. The van der Waals surface area contributed by atoms with Gasteiger partial charge in [-0.25, -0.2) is 9.97 Å². The van der Waals surface area contributed by atoms with Crippen LogP contribution in [0.3, 0.4) is 0 Å². The van der Waals surface area contributed by atoms with Crippen LogP contribution < -0.4 is 5.73 Å². The number of hydrogen-bond donors (Lipinski definition) is 1. The lowest BCUT2D eigenvalue weighted by molar-refractivity contribution is 0.122. The number of rotatable bonds is 4. The Morgan fingerprint density at radius 2 is 1.80 bits per heavy atom. The Labute approximate surface area is 161 Å². The van der Waals surface area contributed by atoms with Crippen molar-refractivity contribution in [2.24, 2.45) is 0 Å². The van der Waals surface area contributed by atoms with Crippen LogP contribution in [0.25, 0.3) is 5.65 Å². The molecule has 0 spiro atoms. The zero-order valence-electron chi connectivity index (χ0n) is 13.6. The topological polar surface area (TPSA) is 62.7 Å². The first-order chi connectivity index (χ1) is 11.7. The van der Waals surface area contributed by atoms with E-state index in [0.717, 1.165) is 55.6 Å². The fourth-order valence-electron chi connectivity index (χ4n) is 3.04. The molecule has 4 heterocycles. The van der Waals surface area contributed by atoms with Crippen molar-refractivity contribution in [3.8, 4) is 0 Å². The first-order valence-corrected chi connectivity index (χ1v) is 9.13. The lowest BCUT2D eigenvalue weighted by atomic mass is 10.3. The number of anilines is 1. The molecule has 0 bridgehead atoms. The molecule has 0 atom stereocenters. The highest BCUT2D eigenvalue weighted by Gasteiger charge is 2.18. The molecule has 4 rings (SSSR count). The second-order valence-electron chi connectivity index (χ2n) is 6.06. The third-order valence-electron chi connectivity index (χ3n) is 4.27. The SMILES string of the molecule is Cl.Nc1ncc(CN2CCN(Cc3cn4cc(Cl)ccc4n3)CC2)s1. The molecule has 0 saturated carbocycles. The lowest BCUT2D eigenvalue weighted by Crippen LogP contribution is -2.45. The highest BCUT2D eigenvalue weighted by molar-refractivity contribution is 7.15. The summed E-state index contributed by atoms with van der Waals surface area (Å²) in [5, 5.41) is 1.37. The molecule has 9 heteroatoms. The minimum atomic E-state index is 0. The van der Waals surface area contributed by atoms with Crippen molar-refractivity contribution in [3.05, 3.63) is 46.3 Å². The number of nitrogen functional groups attached to an aromatic ring is 1. The van der Waals surface area contributed by atoms with E-state index in [0.29, 0.717) is 5.13 Å². The Morgan fingerprint density at radius 3 is 2.48 bits per heavy atom. The highest BCUT2D eigenvalue weighted by Crippen LogP contribution is 2.18. The monoisotopic (exact) mass is 398 g/mol. The second-order valence-corrected chi connectivity index (χ2v) is 7.65. The van der Waals surface area contributed by atoms with Crippen LogP contribution in [-0.4, -0.2) is 50.3 Å². The van der Waals surface area contributed by atoms with Gasteiger partial charge in [0.25, 0.3) is 0 Å². The van der Waals surface area contributed by atoms with E-state index >= 15 is 0 Å². The molecule has 1 fully saturated rings. The minimum absolute atomic E-state index is 0. The number of fused-ring (bicyclic) bond motifs is 1. The Balaban J connectivity index is 0.00000182. The second kappa shape index (κ2) is 7.88. The van der Waals surface area contributed by atoms with Crippen LogP contribution in [0, 0.1) is 0 Å². The Hall–Kier alpha value is -1.38. The number of piperazine rings is 1. The average Bonchev–Trinajstić information content (AvgIpc) is 3.14. The molecule has 2 N–H and O–H groups in total. The summed E-state index contributed by atoms with van der Waals surface area (Å²) in [6, 6.07) is 3.82. The number of imidazole rings is 1. The summed E-state index contributed by atoms with van der Waals surface area (Å²) in [6.07, 6.45) is 5.84. The number of thiazole rings is 1. The van der Waals surface area contributed by atoms with Crippen molar-refractivity contribution in [2.45, 2.75) is 13.1 Å². The molecular formula is C16H20Cl2N6S. The van der Waals surface area contributed by atoms with Gasteiger partial charge in [0.05, 0.1) is 10.7 Å². The van der Waals surface area contributed by atoms with E-state index in [-0.39, 0.29) is 12.4 Å². The number of hydrogen-bond acceptors (Lipinski definition) is 6. The van der Waals surface area contributed by atoms with Crippen LogP contribution in [0.1, 0.15) is 10.6 Å². The van der Waals surface area contributed by atoms with Crippen molar-refractivity contribution in [2.75, 3.05) is 31.9 Å². The predicted octanol–water partition coefficient (Wildman–Crippen LogP) is 2.77. The lowest BCUT2D eigenvalue weighted by Gasteiger charge is -2.33. The van der Waals surface area contributed by atoms with Gasteiger partial charge in [-0.2, -0.15) is 0 Å². The number of halogens is 2. The molecule has 3 aromatic rings. The third-order valence-corrected chi connectivity index (χ3v) is 5.30. The highest BCUT2D eigenvalue weighted by atomic mass is 35.5. The Kier molecular flexibility index (Phi) is 5.81. The molecule has 1 aliphatic heterocycles. The summed E-state index contributed by atoms with van der Waals surface area (Å²) >= 11 is 7.60. The molecule has 3 aromatic heterocycles. The van der Waals surface area contributed by atoms with Crippen LogP contribution in [0.5, 0.6) is 0 Å². The van der Waals surface area contributed by atoms with Gasteiger partial charge in [0.1, 0.15) is 5.65 Å². The van der Waals surface area contributed by atoms with Gasteiger partial charge in [0.2, 0.25) is 0 Å². The molecule has 0 aromatic carbocycles. The van der Waals surface area contributed by atoms with Crippen LogP contribution in [0.15, 0.2) is 30.7 Å². The van der Waals surface area contributed by atoms with Crippen molar-refractivity contribution in [1.82, 2.24) is 24.2 Å². The van der Waals surface area contributed by atoms with Gasteiger partial charge >= 0.3 is 0 Å². The summed E-state index contributed by atoms with van der Waals surface area (Å²) in [5.74, 6) is 0. The first-order valence-electron chi connectivity index (χ1n) is 7.94. The van der Waals surface area contributed by atoms with Crippen molar-refractivity contribution in [3.63, 3.8) is 0 Å². The Morgan fingerprint density at radius 1 is 1.08 bits per heavy atom. The molecule has 25 heavy (non-hydrogen) atoms. The quantitative estimate of drug-likeness (QED) is 0.731. The summed E-state index contributed by atoms with van der Waals surface area (Å²) in [4.78, 5) is 14.9. The maximum atomic E-state index is 6.03. The molecule has 1 aliphatic rings. The zero-order chi connectivity index (χ0) is 16.5. The van der Waals surface area contributed by atoms with E-state index in [1.807, 2.05) is 28.9 Å². The number of nitrogens with two attached hydrogens (primary N) is 1. The summed E-state index contributed by atoms with van der Waals surface area (Å²) in [7, 11) is 0. The molecule has 1 saturated heterocycles. The van der Waals surface area contributed by atoms with Gasteiger partial charge < -0.3 is 10.1 Å². The van der Waals surface area contributed by atoms with Gasteiger partial charge in [-0.15, -0.1) is 23.7 Å². The molecule has 0 unspecified atom stereocenters. The summed E-state index contributed by atoms with van der Waals surface area (Å²) in [5.41, 5.74) is 7.72. The van der Waals surface area contributed by atoms with Gasteiger partial charge in [-0.1, -0.05) is 11.6 Å². The van der Waals surface area contributed by atoms with Crippen LogP contribution >= 0.6 is 35.3 Å². The standard InChI is InChI=1S/C16H19ClN6S.ClH/c17-12-1-2-15-20-13(10-23(15)8-12)9-21-3-5-22(6-4-21)11-14-7-19-16(18)24-14;/h1-2,7-8,10H,3-6,9,11H2,(H2,18,19);1H. The number of nitrogens with zero attached hydrogens (tertiary/aromatic N) is 5. The minimum Gasteiger partial charge on any atom is -0.375 e.